The van der Waals surface area contributed by atoms with Crippen molar-refractivity contribution in [1.82, 2.24) is 4.98 Å². The maximum absolute atomic E-state index is 12.4. The van der Waals surface area contributed by atoms with Crippen LogP contribution in [-0.2, 0) is 0 Å². The highest BCUT2D eigenvalue weighted by Gasteiger charge is 2.14. The quantitative estimate of drug-likeness (QED) is 0.681. The highest BCUT2D eigenvalue weighted by Crippen LogP contribution is 2.24. The van der Waals surface area contributed by atoms with Crippen LogP contribution >= 0.6 is 23.2 Å². The molecule has 2 aromatic carbocycles. The molecule has 0 atom stereocenters. The molecule has 1 N–H and O–H groups in total. The topological polar surface area (TPSA) is 32.9 Å². The van der Waals surface area contributed by atoms with Crippen molar-refractivity contribution in [3.8, 4) is 0 Å². The number of carbonyl (C=O) groups excluding carboxylic acids is 1. The number of fused-ring (bicyclic) bond motifs is 1. The summed E-state index contributed by atoms with van der Waals surface area (Å²) in [6, 6.07) is 12.3. The minimum absolute atomic E-state index is 0.0508. The summed E-state index contributed by atoms with van der Waals surface area (Å²) >= 11 is 11.8. The number of aromatic amines is 1. The molecule has 1 aromatic heterocycles. The van der Waals surface area contributed by atoms with E-state index in [2.05, 4.69) is 4.98 Å². The number of benzene rings is 2. The van der Waals surface area contributed by atoms with E-state index < -0.39 is 0 Å². The van der Waals surface area contributed by atoms with E-state index in [-0.39, 0.29) is 5.78 Å². The first-order valence-corrected chi connectivity index (χ1v) is 6.47. The van der Waals surface area contributed by atoms with Gasteiger partial charge in [-0.15, -0.1) is 0 Å². The number of nitrogens with one attached hydrogen (secondary N) is 1. The average molecular weight is 290 g/mol. The van der Waals surface area contributed by atoms with Crippen molar-refractivity contribution in [1.29, 1.82) is 0 Å². The molecule has 3 aromatic rings. The van der Waals surface area contributed by atoms with Gasteiger partial charge >= 0.3 is 0 Å². The summed E-state index contributed by atoms with van der Waals surface area (Å²) in [5.41, 5.74) is 2.10. The molecule has 2 nitrogen and oxygen atoms in total. The minimum Gasteiger partial charge on any atom is -0.360 e. The van der Waals surface area contributed by atoms with Crippen molar-refractivity contribution in [2.24, 2.45) is 0 Å². The number of hydrogen-bond donors (Lipinski definition) is 1. The minimum atomic E-state index is -0.0508. The van der Waals surface area contributed by atoms with Gasteiger partial charge in [-0.1, -0.05) is 23.2 Å². The van der Waals surface area contributed by atoms with E-state index in [1.807, 2.05) is 6.07 Å². The maximum atomic E-state index is 12.4. The molecular weight excluding hydrogens is 281 g/mol. The summed E-state index contributed by atoms with van der Waals surface area (Å²) in [6.45, 7) is 0. The van der Waals surface area contributed by atoms with Gasteiger partial charge in [-0.25, -0.2) is 0 Å². The number of rotatable bonds is 2. The van der Waals surface area contributed by atoms with Gasteiger partial charge < -0.3 is 4.98 Å². The largest absolute Gasteiger partial charge is 0.360 e. The third kappa shape index (κ3) is 2.25. The Morgan fingerprint density at radius 3 is 2.37 bits per heavy atom. The molecule has 0 saturated heterocycles. The summed E-state index contributed by atoms with van der Waals surface area (Å²) < 4.78 is 0. The summed E-state index contributed by atoms with van der Waals surface area (Å²) in [5.74, 6) is -0.0508. The standard InChI is InChI=1S/C15H9Cl2NO/c16-10-3-1-9(2-4-10)15(19)13-8-18-14-6-5-11(17)7-12(13)14/h1-8,18H. The monoisotopic (exact) mass is 289 g/mol. The molecule has 0 aliphatic heterocycles. The molecule has 0 amide bonds. The Morgan fingerprint density at radius 2 is 1.63 bits per heavy atom. The Balaban J connectivity index is 2.11. The van der Waals surface area contributed by atoms with Crippen LogP contribution in [0.25, 0.3) is 10.9 Å². The van der Waals surface area contributed by atoms with E-state index in [0.717, 1.165) is 10.9 Å². The lowest BCUT2D eigenvalue weighted by Crippen LogP contribution is -1.99. The smallest absolute Gasteiger partial charge is 0.195 e. The van der Waals surface area contributed by atoms with Crippen molar-refractivity contribution >= 4 is 39.9 Å². The van der Waals surface area contributed by atoms with Crippen molar-refractivity contribution in [2.75, 3.05) is 0 Å². The summed E-state index contributed by atoms with van der Waals surface area (Å²) in [6.07, 6.45) is 1.71. The summed E-state index contributed by atoms with van der Waals surface area (Å²) in [5, 5.41) is 2.04. The fraction of sp³-hybridized carbons (Fsp3) is 0. The van der Waals surface area contributed by atoms with Gasteiger partial charge in [-0.3, -0.25) is 4.79 Å². The van der Waals surface area contributed by atoms with Gasteiger partial charge in [-0.2, -0.15) is 0 Å². The fourth-order valence-electron chi connectivity index (χ4n) is 2.04. The maximum Gasteiger partial charge on any atom is 0.195 e. The molecule has 0 fully saturated rings. The second-order valence-corrected chi connectivity index (χ2v) is 5.10. The lowest BCUT2D eigenvalue weighted by Gasteiger charge is -2.00. The first kappa shape index (κ1) is 12.3. The van der Waals surface area contributed by atoms with Crippen molar-refractivity contribution in [3.05, 3.63) is 69.8 Å². The Morgan fingerprint density at radius 1 is 0.947 bits per heavy atom. The van der Waals surface area contributed by atoms with Crippen molar-refractivity contribution < 1.29 is 4.79 Å². The number of H-pyrrole nitrogens is 1. The predicted molar refractivity (Wildman–Crippen MR) is 78.2 cm³/mol. The third-order valence-corrected chi connectivity index (χ3v) is 3.48. The summed E-state index contributed by atoms with van der Waals surface area (Å²) in [7, 11) is 0. The van der Waals surface area contributed by atoms with Crippen molar-refractivity contribution in [3.63, 3.8) is 0 Å². The van der Waals surface area contributed by atoms with Crippen LogP contribution < -0.4 is 0 Å². The normalized spacial score (nSPS) is 10.8. The molecule has 4 heteroatoms. The lowest BCUT2D eigenvalue weighted by atomic mass is 10.0. The average Bonchev–Trinajstić information content (AvgIpc) is 2.81. The second-order valence-electron chi connectivity index (χ2n) is 4.23. The molecular formula is C15H9Cl2NO. The number of hydrogen-bond acceptors (Lipinski definition) is 1. The zero-order valence-corrected chi connectivity index (χ0v) is 11.3. The third-order valence-electron chi connectivity index (χ3n) is 2.99. The van der Waals surface area contributed by atoms with Crippen LogP contribution in [0.4, 0.5) is 0 Å². The highest BCUT2D eigenvalue weighted by molar-refractivity contribution is 6.32. The molecule has 0 radical (unpaired) electrons. The van der Waals surface area contributed by atoms with Crippen LogP contribution in [0, 0.1) is 0 Å². The highest BCUT2D eigenvalue weighted by atomic mass is 35.5. The molecule has 0 unspecified atom stereocenters. The lowest BCUT2D eigenvalue weighted by molar-refractivity contribution is 0.104. The van der Waals surface area contributed by atoms with E-state index in [4.69, 9.17) is 23.2 Å². The molecule has 0 spiro atoms. The van der Waals surface area contributed by atoms with E-state index in [9.17, 15) is 4.79 Å². The van der Waals surface area contributed by atoms with Crippen molar-refractivity contribution in [2.45, 2.75) is 0 Å². The van der Waals surface area contributed by atoms with E-state index in [1.54, 1.807) is 42.6 Å². The van der Waals surface area contributed by atoms with Crippen LogP contribution in [-0.4, -0.2) is 10.8 Å². The van der Waals surface area contributed by atoms with Gasteiger partial charge in [0.2, 0.25) is 0 Å². The first-order valence-electron chi connectivity index (χ1n) is 5.72. The predicted octanol–water partition coefficient (Wildman–Crippen LogP) is 4.71. The zero-order chi connectivity index (χ0) is 13.4. The van der Waals surface area contributed by atoms with Crippen LogP contribution in [0.3, 0.4) is 0 Å². The Labute approximate surface area is 120 Å². The Kier molecular flexibility index (Phi) is 3.05. The van der Waals surface area contributed by atoms with Gasteiger partial charge in [-0.05, 0) is 42.5 Å². The molecule has 94 valence electrons. The molecule has 19 heavy (non-hydrogen) atoms. The first-order chi connectivity index (χ1) is 9.15. The van der Waals surface area contributed by atoms with Crippen LogP contribution in [0.2, 0.25) is 10.0 Å². The van der Waals surface area contributed by atoms with Gasteiger partial charge in [0.1, 0.15) is 0 Å². The molecule has 0 bridgehead atoms. The number of aromatic nitrogens is 1. The number of carbonyl (C=O) groups is 1. The van der Waals surface area contributed by atoms with Crippen LogP contribution in [0.1, 0.15) is 15.9 Å². The Bertz CT molecular complexity index is 759. The molecule has 0 aliphatic carbocycles. The number of halogens is 2. The van der Waals surface area contributed by atoms with Crippen LogP contribution in [0.5, 0.6) is 0 Å². The van der Waals surface area contributed by atoms with Gasteiger partial charge in [0.15, 0.2) is 5.78 Å². The SMILES string of the molecule is O=C(c1ccc(Cl)cc1)c1c[nH]c2ccc(Cl)cc12. The Hall–Kier alpha value is -1.77. The second kappa shape index (κ2) is 4.72. The molecule has 1 heterocycles. The molecule has 0 aliphatic rings. The van der Waals surface area contributed by atoms with Crippen LogP contribution in [0.15, 0.2) is 48.7 Å². The summed E-state index contributed by atoms with van der Waals surface area (Å²) in [4.78, 5) is 15.5. The molecule has 0 saturated carbocycles. The van der Waals surface area contributed by atoms with E-state index >= 15 is 0 Å². The fourth-order valence-corrected chi connectivity index (χ4v) is 2.34. The van der Waals surface area contributed by atoms with E-state index in [1.165, 1.54) is 0 Å². The van der Waals surface area contributed by atoms with Gasteiger partial charge in [0, 0.05) is 38.3 Å². The van der Waals surface area contributed by atoms with Gasteiger partial charge in [0.25, 0.3) is 0 Å². The zero-order valence-electron chi connectivity index (χ0n) is 9.78. The molecule has 3 rings (SSSR count). The van der Waals surface area contributed by atoms with E-state index in [0.29, 0.717) is 21.2 Å². The number of ketones is 1. The van der Waals surface area contributed by atoms with Gasteiger partial charge in [0.05, 0.1) is 0 Å².